The van der Waals surface area contributed by atoms with Crippen LogP contribution in [0.3, 0.4) is 0 Å². The summed E-state index contributed by atoms with van der Waals surface area (Å²) < 4.78 is 5.37. The first kappa shape index (κ1) is 13.3. The number of ether oxygens (including phenoxy) is 1. The normalized spacial score (nSPS) is 10.5. The van der Waals surface area contributed by atoms with Gasteiger partial charge in [0.2, 0.25) is 0 Å². The molecule has 1 N–H and O–H groups in total. The van der Waals surface area contributed by atoms with Gasteiger partial charge < -0.3 is 9.72 Å². The quantitative estimate of drug-likeness (QED) is 0.897. The van der Waals surface area contributed by atoms with E-state index >= 15 is 0 Å². The van der Waals surface area contributed by atoms with Crippen molar-refractivity contribution in [3.05, 3.63) is 35.8 Å². The van der Waals surface area contributed by atoms with E-state index in [1.807, 2.05) is 6.07 Å². The minimum atomic E-state index is 0.0928. The lowest BCUT2D eigenvalue weighted by molar-refractivity contribution is -0.116. The van der Waals surface area contributed by atoms with Crippen molar-refractivity contribution >= 4 is 5.78 Å². The summed E-state index contributed by atoms with van der Waals surface area (Å²) in [6, 6.07) is 6.10. The zero-order valence-corrected chi connectivity index (χ0v) is 11.5. The maximum atomic E-state index is 11.1. The molecular weight excluding hydrogens is 240 g/mol. The van der Waals surface area contributed by atoms with Gasteiger partial charge in [0, 0.05) is 5.56 Å². The largest absolute Gasteiger partial charge is 0.496 e. The molecule has 2 aromatic rings. The summed E-state index contributed by atoms with van der Waals surface area (Å²) in [6.07, 6.45) is 3.04. The fraction of sp³-hybridized carbons (Fsp3) is 0.333. The van der Waals surface area contributed by atoms with Gasteiger partial charge in [-0.1, -0.05) is 13.0 Å². The lowest BCUT2D eigenvalue weighted by Crippen LogP contribution is -1.98. The number of aryl methyl sites for hydroxylation is 1. The SMILES string of the molecule is CCc1ccc(OC)c(-c2cnc(CC(C)=O)[nH]2)c1. The number of hydrogen-bond acceptors (Lipinski definition) is 3. The fourth-order valence-corrected chi connectivity index (χ4v) is 2.01. The Morgan fingerprint density at radius 3 is 2.84 bits per heavy atom. The molecule has 1 aromatic carbocycles. The van der Waals surface area contributed by atoms with Gasteiger partial charge >= 0.3 is 0 Å². The van der Waals surface area contributed by atoms with Crippen molar-refractivity contribution in [2.24, 2.45) is 0 Å². The van der Waals surface area contributed by atoms with E-state index in [0.717, 1.165) is 23.4 Å². The molecule has 0 aliphatic heterocycles. The van der Waals surface area contributed by atoms with Crippen LogP contribution in [0, 0.1) is 0 Å². The summed E-state index contributed by atoms with van der Waals surface area (Å²) >= 11 is 0. The lowest BCUT2D eigenvalue weighted by atomic mass is 10.1. The standard InChI is InChI=1S/C15H18N2O2/c1-4-11-5-6-14(19-3)12(8-11)13-9-16-15(17-13)7-10(2)18/h5-6,8-9H,4,7H2,1-3H3,(H,16,17). The molecule has 1 heterocycles. The maximum Gasteiger partial charge on any atom is 0.137 e. The van der Waals surface area contributed by atoms with Crippen LogP contribution in [0.25, 0.3) is 11.3 Å². The fourth-order valence-electron chi connectivity index (χ4n) is 2.01. The average molecular weight is 258 g/mol. The van der Waals surface area contributed by atoms with Crippen LogP contribution >= 0.6 is 0 Å². The van der Waals surface area contributed by atoms with Gasteiger partial charge in [0.25, 0.3) is 0 Å². The molecule has 0 aliphatic rings. The number of aromatic amines is 1. The number of aromatic nitrogens is 2. The highest BCUT2D eigenvalue weighted by Gasteiger charge is 2.10. The Hall–Kier alpha value is -2.10. The molecule has 0 aliphatic carbocycles. The Morgan fingerprint density at radius 2 is 2.21 bits per heavy atom. The molecule has 0 saturated carbocycles. The molecule has 0 fully saturated rings. The topological polar surface area (TPSA) is 55.0 Å². The number of Topliss-reactive ketones (excluding diaryl/α,β-unsaturated/α-hetero) is 1. The van der Waals surface area contributed by atoms with Crippen LogP contribution in [-0.4, -0.2) is 22.9 Å². The molecule has 4 nitrogen and oxygen atoms in total. The molecular formula is C15H18N2O2. The number of benzene rings is 1. The second-order valence-electron chi connectivity index (χ2n) is 4.51. The number of ketones is 1. The molecule has 0 saturated heterocycles. The predicted octanol–water partition coefficient (Wildman–Crippen LogP) is 2.78. The van der Waals surface area contributed by atoms with Crippen LogP contribution in [0.2, 0.25) is 0 Å². The minimum absolute atomic E-state index is 0.0928. The molecule has 19 heavy (non-hydrogen) atoms. The highest BCUT2D eigenvalue weighted by Crippen LogP contribution is 2.29. The molecule has 4 heteroatoms. The van der Waals surface area contributed by atoms with Crippen LogP contribution in [0.5, 0.6) is 5.75 Å². The average Bonchev–Trinajstić information content (AvgIpc) is 2.85. The molecule has 0 unspecified atom stereocenters. The smallest absolute Gasteiger partial charge is 0.137 e. The minimum Gasteiger partial charge on any atom is -0.496 e. The number of nitrogens with one attached hydrogen (secondary N) is 1. The Labute approximate surface area is 112 Å². The monoisotopic (exact) mass is 258 g/mol. The van der Waals surface area contributed by atoms with Crippen molar-refractivity contribution < 1.29 is 9.53 Å². The number of hydrogen-bond donors (Lipinski definition) is 1. The van der Waals surface area contributed by atoms with Crippen molar-refractivity contribution in [2.45, 2.75) is 26.7 Å². The zero-order chi connectivity index (χ0) is 13.8. The number of H-pyrrole nitrogens is 1. The summed E-state index contributed by atoms with van der Waals surface area (Å²) in [6.45, 7) is 3.67. The number of rotatable bonds is 5. The summed E-state index contributed by atoms with van der Waals surface area (Å²) in [4.78, 5) is 18.5. The van der Waals surface area contributed by atoms with Gasteiger partial charge in [0.1, 0.15) is 17.4 Å². The summed E-state index contributed by atoms with van der Waals surface area (Å²) in [5.74, 6) is 1.58. The first-order chi connectivity index (χ1) is 9.13. The lowest BCUT2D eigenvalue weighted by Gasteiger charge is -2.08. The van der Waals surface area contributed by atoms with Crippen molar-refractivity contribution in [1.82, 2.24) is 9.97 Å². The van der Waals surface area contributed by atoms with Crippen molar-refractivity contribution in [2.75, 3.05) is 7.11 Å². The zero-order valence-electron chi connectivity index (χ0n) is 11.5. The van der Waals surface area contributed by atoms with Gasteiger partial charge in [-0.25, -0.2) is 4.98 Å². The van der Waals surface area contributed by atoms with Crippen molar-refractivity contribution in [3.8, 4) is 17.0 Å². The molecule has 0 amide bonds. The third kappa shape index (κ3) is 3.02. The number of carbonyl (C=O) groups is 1. The second kappa shape index (κ2) is 5.69. The predicted molar refractivity (Wildman–Crippen MR) is 74.3 cm³/mol. The van der Waals surface area contributed by atoms with E-state index in [-0.39, 0.29) is 5.78 Å². The van der Waals surface area contributed by atoms with Crippen LogP contribution in [-0.2, 0) is 17.6 Å². The van der Waals surface area contributed by atoms with Crippen molar-refractivity contribution in [3.63, 3.8) is 0 Å². The van der Waals surface area contributed by atoms with E-state index in [0.29, 0.717) is 12.2 Å². The number of imidazole rings is 1. The van der Waals surface area contributed by atoms with E-state index in [4.69, 9.17) is 4.74 Å². The second-order valence-corrected chi connectivity index (χ2v) is 4.51. The third-order valence-electron chi connectivity index (χ3n) is 3.01. The van der Waals surface area contributed by atoms with E-state index in [1.165, 1.54) is 5.56 Å². The first-order valence-corrected chi connectivity index (χ1v) is 6.34. The molecule has 0 spiro atoms. The number of carbonyl (C=O) groups excluding carboxylic acids is 1. The summed E-state index contributed by atoms with van der Waals surface area (Å²) in [5, 5.41) is 0. The Kier molecular flexibility index (Phi) is 4.00. The maximum absolute atomic E-state index is 11.1. The highest BCUT2D eigenvalue weighted by atomic mass is 16.5. The first-order valence-electron chi connectivity index (χ1n) is 6.34. The van der Waals surface area contributed by atoms with Gasteiger partial charge in [-0.05, 0) is 31.0 Å². The van der Waals surface area contributed by atoms with Crippen LogP contribution in [0.4, 0.5) is 0 Å². The van der Waals surface area contributed by atoms with Crippen LogP contribution < -0.4 is 4.74 Å². The Bertz CT molecular complexity index is 588. The molecule has 0 radical (unpaired) electrons. The molecule has 0 atom stereocenters. The molecule has 2 rings (SSSR count). The van der Waals surface area contributed by atoms with Gasteiger partial charge in [-0.3, -0.25) is 4.79 Å². The molecule has 0 bridgehead atoms. The van der Waals surface area contributed by atoms with Gasteiger partial charge in [0.15, 0.2) is 0 Å². The Balaban J connectivity index is 2.39. The van der Waals surface area contributed by atoms with Gasteiger partial charge in [0.05, 0.1) is 25.4 Å². The van der Waals surface area contributed by atoms with E-state index in [1.54, 1.807) is 20.2 Å². The highest BCUT2D eigenvalue weighted by molar-refractivity contribution is 5.77. The Morgan fingerprint density at radius 1 is 1.42 bits per heavy atom. The van der Waals surface area contributed by atoms with E-state index in [2.05, 4.69) is 29.0 Å². The van der Waals surface area contributed by atoms with Gasteiger partial charge in [-0.15, -0.1) is 0 Å². The summed E-state index contributed by atoms with van der Waals surface area (Å²) in [5.41, 5.74) is 3.09. The van der Waals surface area contributed by atoms with Crippen LogP contribution in [0.1, 0.15) is 25.2 Å². The third-order valence-corrected chi connectivity index (χ3v) is 3.01. The number of methoxy groups -OCH3 is 1. The number of nitrogens with zero attached hydrogens (tertiary/aromatic N) is 1. The van der Waals surface area contributed by atoms with Gasteiger partial charge in [-0.2, -0.15) is 0 Å². The molecule has 100 valence electrons. The van der Waals surface area contributed by atoms with E-state index < -0.39 is 0 Å². The van der Waals surface area contributed by atoms with E-state index in [9.17, 15) is 4.79 Å². The summed E-state index contributed by atoms with van der Waals surface area (Å²) in [7, 11) is 1.65. The van der Waals surface area contributed by atoms with Crippen molar-refractivity contribution in [1.29, 1.82) is 0 Å². The molecule has 1 aromatic heterocycles. The van der Waals surface area contributed by atoms with Crippen LogP contribution in [0.15, 0.2) is 24.4 Å².